The van der Waals surface area contributed by atoms with Crippen LogP contribution in [-0.2, 0) is 4.57 Å². The van der Waals surface area contributed by atoms with E-state index < -0.39 is 8.25 Å². The van der Waals surface area contributed by atoms with Gasteiger partial charge < -0.3 is 9.79 Å². The molecule has 0 amide bonds. The summed E-state index contributed by atoms with van der Waals surface area (Å²) in [6.45, 7) is 0. The molecule has 0 spiro atoms. The van der Waals surface area contributed by atoms with Crippen molar-refractivity contribution >= 4 is 8.25 Å². The summed E-state index contributed by atoms with van der Waals surface area (Å²) in [4.78, 5) is 17.0. The van der Waals surface area contributed by atoms with Gasteiger partial charge >= 0.3 is 37.7 Å². The first kappa shape index (κ1) is 18.3. The maximum absolute atomic E-state index is 8.48. The van der Waals surface area contributed by atoms with Crippen LogP contribution in [0.3, 0.4) is 0 Å². The first-order chi connectivity index (χ1) is 4.73. The first-order valence-electron chi connectivity index (χ1n) is 2.55. The van der Waals surface area contributed by atoms with Crippen molar-refractivity contribution in [3.05, 3.63) is 36.4 Å². The third-order valence-electron chi connectivity index (χ3n) is 0.667. The van der Waals surface area contributed by atoms with Crippen molar-refractivity contribution in [1.29, 1.82) is 0 Å². The van der Waals surface area contributed by atoms with Gasteiger partial charge in [0.2, 0.25) is 0 Å². The summed E-state index contributed by atoms with van der Waals surface area (Å²) in [6, 6.07) is 12.0. The minimum Gasteiger partial charge on any atom is -0.598 e. The van der Waals surface area contributed by atoms with Gasteiger partial charge in [-0.2, -0.15) is 0 Å². The molecule has 3 nitrogen and oxygen atoms in total. The van der Waals surface area contributed by atoms with E-state index in [1.807, 2.05) is 36.4 Å². The van der Waals surface area contributed by atoms with E-state index in [9.17, 15) is 0 Å². The molecule has 0 radical (unpaired) electrons. The Hall–Kier alpha value is 0.435. The van der Waals surface area contributed by atoms with Gasteiger partial charge in [-0.15, -0.1) is 0 Å². The fraction of sp³-hybridized carbons (Fsp3) is 0. The van der Waals surface area contributed by atoms with E-state index in [0.29, 0.717) is 0 Å². The molecule has 1 aromatic carbocycles. The van der Waals surface area contributed by atoms with Gasteiger partial charge in [-0.05, 0) is 0 Å². The zero-order chi connectivity index (χ0) is 7.82. The zero-order valence-corrected chi connectivity index (χ0v) is 8.03. The molecule has 0 saturated heterocycles. The van der Waals surface area contributed by atoms with Gasteiger partial charge in [0.25, 0.3) is 8.25 Å². The number of hydrogen-bond donors (Lipinski definition) is 0. The van der Waals surface area contributed by atoms with Crippen molar-refractivity contribution in [3.63, 3.8) is 0 Å². The second-order valence-electron chi connectivity index (χ2n) is 1.38. The Morgan fingerprint density at radius 2 is 0.833 bits per heavy atom. The van der Waals surface area contributed by atoms with Crippen LogP contribution in [0.5, 0.6) is 0 Å². The molecule has 0 heterocycles. The number of benzene rings is 1. The molecule has 0 aliphatic heterocycles. The first-order valence-corrected chi connectivity index (χ1v) is 3.64. The van der Waals surface area contributed by atoms with Gasteiger partial charge in [0.15, 0.2) is 0 Å². The third kappa shape index (κ3) is 22.4. The van der Waals surface area contributed by atoms with Gasteiger partial charge in [0.05, 0.1) is 0 Å². The van der Waals surface area contributed by atoms with E-state index in [0.717, 1.165) is 0 Å². The van der Waals surface area contributed by atoms with Crippen LogP contribution in [0, 0.1) is 0 Å². The maximum atomic E-state index is 8.48. The Bertz CT molecular complexity index is 153. The summed E-state index contributed by atoms with van der Waals surface area (Å²) >= 11 is 0. The Labute approximate surface area is 96.5 Å². The van der Waals surface area contributed by atoms with Gasteiger partial charge in [0.1, 0.15) is 0 Å². The Kier molecular flexibility index (Phi) is 21.3. The van der Waals surface area contributed by atoms with E-state index in [1.165, 1.54) is 0 Å². The predicted octanol–water partition coefficient (Wildman–Crippen LogP) is -5.94. The van der Waals surface area contributed by atoms with Crippen molar-refractivity contribution < 1.29 is 52.1 Å². The molecule has 0 N–H and O–H groups in total. The van der Waals surface area contributed by atoms with Crippen LogP contribution in [0.1, 0.15) is 0 Å². The summed E-state index contributed by atoms with van der Waals surface area (Å²) in [7, 11) is -3.37. The van der Waals surface area contributed by atoms with Crippen LogP contribution in [0.25, 0.3) is 0 Å². The molecule has 1 aromatic rings. The smallest absolute Gasteiger partial charge is 0.598 e. The van der Waals surface area contributed by atoms with Crippen molar-refractivity contribution in [3.8, 4) is 0 Å². The summed E-state index contributed by atoms with van der Waals surface area (Å²) < 4.78 is 8.48. The summed E-state index contributed by atoms with van der Waals surface area (Å²) in [5, 5.41) is 0. The predicted molar refractivity (Wildman–Crippen MR) is 34.0 cm³/mol. The van der Waals surface area contributed by atoms with Gasteiger partial charge in [-0.1, -0.05) is 41.0 Å². The van der Waals surface area contributed by atoms with Crippen molar-refractivity contribution in [1.82, 2.24) is 0 Å². The van der Waals surface area contributed by atoms with Crippen LogP contribution >= 0.6 is 8.25 Å². The number of hydrogen-bond acceptors (Lipinski definition) is 3. The molecule has 0 aliphatic carbocycles. The zero-order valence-electron chi connectivity index (χ0n) is 7.14. The average molecular weight is 171 g/mol. The van der Waals surface area contributed by atoms with Crippen molar-refractivity contribution in [2.45, 2.75) is 0 Å². The summed E-state index contributed by atoms with van der Waals surface area (Å²) in [5.74, 6) is 0. The Morgan fingerprint density at radius 3 is 0.917 bits per heavy atom. The third-order valence-corrected chi connectivity index (χ3v) is 0.667. The molecular formula is C6H6Li2O3P+. The Morgan fingerprint density at radius 1 is 0.750 bits per heavy atom. The average Bonchev–Trinajstić information content (AvgIpc) is 1.90. The van der Waals surface area contributed by atoms with Gasteiger partial charge in [-0.3, -0.25) is 0 Å². The molecule has 0 atom stereocenters. The van der Waals surface area contributed by atoms with Crippen LogP contribution in [0.2, 0.25) is 0 Å². The monoisotopic (exact) mass is 171 g/mol. The van der Waals surface area contributed by atoms with Crippen LogP contribution in [0.15, 0.2) is 36.4 Å². The molecular weight excluding hydrogens is 165 g/mol. The summed E-state index contributed by atoms with van der Waals surface area (Å²) in [5.41, 5.74) is 0. The molecule has 0 unspecified atom stereocenters. The molecule has 1 rings (SSSR count). The second-order valence-corrected chi connectivity index (χ2v) is 1.83. The molecule has 12 heavy (non-hydrogen) atoms. The fourth-order valence-electron chi connectivity index (χ4n) is 0.385. The van der Waals surface area contributed by atoms with E-state index in [4.69, 9.17) is 14.4 Å². The van der Waals surface area contributed by atoms with Gasteiger partial charge in [-0.25, -0.2) is 0 Å². The standard InChI is InChI=1S/C6H6.2Li.HO3P/c1-2-4-6-5-3-1;;;1-4(2)3/h1-6H;;;(H,1,2,3)/q;2*+1;/p-1. The van der Waals surface area contributed by atoms with Crippen LogP contribution in [-0.4, -0.2) is 0 Å². The minimum absolute atomic E-state index is 0. The SMILES string of the molecule is O=[P+]([O-])[O-].[Li+].[Li+].c1ccccc1. The largest absolute Gasteiger partial charge is 1.00 e. The topological polar surface area (TPSA) is 63.2 Å². The van der Waals surface area contributed by atoms with E-state index in [2.05, 4.69) is 0 Å². The van der Waals surface area contributed by atoms with E-state index in [-0.39, 0.29) is 37.7 Å². The van der Waals surface area contributed by atoms with E-state index >= 15 is 0 Å². The molecule has 0 aliphatic rings. The van der Waals surface area contributed by atoms with E-state index in [1.54, 1.807) is 0 Å². The molecule has 54 valence electrons. The molecule has 0 aromatic heterocycles. The second kappa shape index (κ2) is 14.0. The molecule has 0 fully saturated rings. The van der Waals surface area contributed by atoms with Crippen molar-refractivity contribution in [2.75, 3.05) is 0 Å². The normalized spacial score (nSPS) is 6.17. The van der Waals surface area contributed by atoms with Crippen molar-refractivity contribution in [2.24, 2.45) is 0 Å². The maximum Gasteiger partial charge on any atom is 1.00 e. The number of rotatable bonds is 0. The summed E-state index contributed by atoms with van der Waals surface area (Å²) in [6.07, 6.45) is 0. The van der Waals surface area contributed by atoms with Crippen LogP contribution < -0.4 is 47.5 Å². The van der Waals surface area contributed by atoms with Crippen LogP contribution in [0.4, 0.5) is 0 Å². The quantitative estimate of drug-likeness (QED) is 0.288. The Balaban J connectivity index is -0.000000124. The van der Waals surface area contributed by atoms with Gasteiger partial charge in [0, 0.05) is 0 Å². The molecule has 0 saturated carbocycles. The molecule has 0 bridgehead atoms. The molecule has 6 heteroatoms. The minimum atomic E-state index is -3.37. The fourth-order valence-corrected chi connectivity index (χ4v) is 0.385.